The smallest absolute Gasteiger partial charge is 0.256 e. The number of hydrogen-bond acceptors (Lipinski definition) is 3. The van der Waals surface area contributed by atoms with Crippen molar-refractivity contribution in [2.24, 2.45) is 5.73 Å². The van der Waals surface area contributed by atoms with Gasteiger partial charge in [0, 0.05) is 30.1 Å². The highest BCUT2D eigenvalue weighted by Crippen LogP contribution is 2.39. The molecular formula is C24H21F2N3O2. The Labute approximate surface area is 178 Å². The van der Waals surface area contributed by atoms with Crippen molar-refractivity contribution in [2.75, 3.05) is 0 Å². The van der Waals surface area contributed by atoms with Crippen LogP contribution in [0.15, 0.2) is 54.7 Å². The number of amides is 2. The zero-order chi connectivity index (χ0) is 22.1. The lowest BCUT2D eigenvalue weighted by Gasteiger charge is -2.31. The summed E-state index contributed by atoms with van der Waals surface area (Å²) in [5.74, 6) is -2.23. The number of benzene rings is 2. The van der Waals surface area contributed by atoms with E-state index in [1.807, 2.05) is 0 Å². The highest BCUT2D eigenvalue weighted by molar-refractivity contribution is 5.96. The van der Waals surface area contributed by atoms with Crippen LogP contribution in [0, 0.1) is 18.6 Å². The van der Waals surface area contributed by atoms with Crippen molar-refractivity contribution in [2.45, 2.75) is 32.4 Å². The quantitative estimate of drug-likeness (QED) is 0.674. The standard InChI is InChI=1S/C24H21F2N3O2/c1-14-17(7-4-10-28-14)24(31)29(13-15-5-2-3-6-18(15)23(27)30)22-9-8-19-20(22)11-16(25)12-21(19)26/h2-7,10-12,22H,8-9,13H2,1H3,(H2,27,30)/t22-/m1/s1. The summed E-state index contributed by atoms with van der Waals surface area (Å²) in [6.45, 7) is 1.79. The average molecular weight is 421 g/mol. The summed E-state index contributed by atoms with van der Waals surface area (Å²) >= 11 is 0. The summed E-state index contributed by atoms with van der Waals surface area (Å²) in [5, 5.41) is 0. The molecule has 1 aliphatic carbocycles. The van der Waals surface area contributed by atoms with E-state index >= 15 is 0 Å². The van der Waals surface area contributed by atoms with Gasteiger partial charge in [-0.3, -0.25) is 14.6 Å². The molecule has 1 aliphatic rings. The Hall–Kier alpha value is -3.61. The predicted octanol–water partition coefficient (Wildman–Crippen LogP) is 4.10. The summed E-state index contributed by atoms with van der Waals surface area (Å²) < 4.78 is 28.4. The molecule has 0 fully saturated rings. The van der Waals surface area contributed by atoms with Gasteiger partial charge in [-0.15, -0.1) is 0 Å². The third-order valence-corrected chi connectivity index (χ3v) is 5.72. The zero-order valence-electron chi connectivity index (χ0n) is 16.9. The van der Waals surface area contributed by atoms with E-state index in [1.165, 1.54) is 6.07 Å². The summed E-state index contributed by atoms with van der Waals surface area (Å²) in [5.41, 5.74) is 8.18. The van der Waals surface area contributed by atoms with E-state index in [-0.39, 0.29) is 12.5 Å². The minimum atomic E-state index is -0.689. The van der Waals surface area contributed by atoms with Crippen LogP contribution < -0.4 is 5.73 Å². The first-order valence-electron chi connectivity index (χ1n) is 9.95. The zero-order valence-corrected chi connectivity index (χ0v) is 16.9. The molecule has 0 saturated heterocycles. The van der Waals surface area contributed by atoms with Gasteiger partial charge in [-0.1, -0.05) is 18.2 Å². The second-order valence-electron chi connectivity index (χ2n) is 7.60. The maximum Gasteiger partial charge on any atom is 0.256 e. The number of nitrogens with zero attached hydrogens (tertiary/aromatic N) is 2. The number of aromatic nitrogens is 1. The lowest BCUT2D eigenvalue weighted by atomic mass is 10.0. The number of carbonyl (C=O) groups excluding carboxylic acids is 2. The molecule has 0 radical (unpaired) electrons. The molecule has 3 aromatic rings. The Morgan fingerprint density at radius 2 is 1.87 bits per heavy atom. The van der Waals surface area contributed by atoms with Gasteiger partial charge in [0.15, 0.2) is 0 Å². The molecule has 0 saturated carbocycles. The van der Waals surface area contributed by atoms with Crippen LogP contribution in [0.1, 0.15) is 55.6 Å². The maximum absolute atomic E-state index is 14.4. The minimum Gasteiger partial charge on any atom is -0.366 e. The molecule has 2 N–H and O–H groups in total. The molecule has 158 valence electrons. The maximum atomic E-state index is 14.4. The predicted molar refractivity (Wildman–Crippen MR) is 111 cm³/mol. The van der Waals surface area contributed by atoms with Gasteiger partial charge in [0.1, 0.15) is 11.6 Å². The summed E-state index contributed by atoms with van der Waals surface area (Å²) in [6, 6.07) is 11.7. The van der Waals surface area contributed by atoms with Gasteiger partial charge in [-0.05, 0) is 60.7 Å². The number of carbonyl (C=O) groups is 2. The lowest BCUT2D eigenvalue weighted by Crippen LogP contribution is -2.35. The van der Waals surface area contributed by atoms with E-state index in [4.69, 9.17) is 5.73 Å². The third-order valence-electron chi connectivity index (χ3n) is 5.72. The largest absolute Gasteiger partial charge is 0.366 e. The van der Waals surface area contributed by atoms with Gasteiger partial charge in [-0.25, -0.2) is 8.78 Å². The molecule has 1 heterocycles. The van der Waals surface area contributed by atoms with Crippen molar-refractivity contribution in [3.8, 4) is 0 Å². The van der Waals surface area contributed by atoms with E-state index in [0.29, 0.717) is 46.4 Å². The van der Waals surface area contributed by atoms with E-state index in [9.17, 15) is 18.4 Å². The van der Waals surface area contributed by atoms with Crippen LogP contribution in [0.4, 0.5) is 8.78 Å². The van der Waals surface area contributed by atoms with E-state index in [1.54, 1.807) is 54.4 Å². The number of rotatable bonds is 5. The summed E-state index contributed by atoms with van der Waals surface area (Å²) in [7, 11) is 0. The van der Waals surface area contributed by atoms with Crippen LogP contribution in [0.2, 0.25) is 0 Å². The lowest BCUT2D eigenvalue weighted by molar-refractivity contribution is 0.0654. The second-order valence-corrected chi connectivity index (χ2v) is 7.60. The fourth-order valence-corrected chi connectivity index (χ4v) is 4.22. The highest BCUT2D eigenvalue weighted by Gasteiger charge is 2.34. The summed E-state index contributed by atoms with van der Waals surface area (Å²) in [6.07, 6.45) is 2.42. The van der Waals surface area contributed by atoms with Crippen molar-refractivity contribution in [1.82, 2.24) is 9.88 Å². The molecule has 2 aromatic carbocycles. The van der Waals surface area contributed by atoms with E-state index < -0.39 is 23.6 Å². The monoisotopic (exact) mass is 421 g/mol. The first-order chi connectivity index (χ1) is 14.9. The Kier molecular flexibility index (Phi) is 5.50. The van der Waals surface area contributed by atoms with Crippen LogP contribution in [0.3, 0.4) is 0 Å². The Morgan fingerprint density at radius 1 is 1.13 bits per heavy atom. The molecule has 5 nitrogen and oxygen atoms in total. The molecule has 1 aromatic heterocycles. The second kappa shape index (κ2) is 8.26. The Morgan fingerprint density at radius 3 is 2.61 bits per heavy atom. The topological polar surface area (TPSA) is 76.3 Å². The van der Waals surface area contributed by atoms with Gasteiger partial charge < -0.3 is 10.6 Å². The van der Waals surface area contributed by atoms with Crippen molar-refractivity contribution in [1.29, 1.82) is 0 Å². The van der Waals surface area contributed by atoms with Gasteiger partial charge in [-0.2, -0.15) is 0 Å². The fourth-order valence-electron chi connectivity index (χ4n) is 4.22. The van der Waals surface area contributed by atoms with Gasteiger partial charge in [0.05, 0.1) is 11.6 Å². The normalized spacial score (nSPS) is 14.9. The SMILES string of the molecule is Cc1ncccc1C(=O)N(Cc1ccccc1C(N)=O)[C@@H]1CCc2c(F)cc(F)cc21. The molecule has 0 spiro atoms. The number of halogens is 2. The van der Waals surface area contributed by atoms with Crippen molar-refractivity contribution in [3.63, 3.8) is 0 Å². The average Bonchev–Trinajstić information content (AvgIpc) is 3.16. The number of fused-ring (bicyclic) bond motifs is 1. The molecule has 2 amide bonds. The number of aryl methyl sites for hydroxylation is 1. The van der Waals surface area contributed by atoms with Crippen LogP contribution in [-0.4, -0.2) is 21.7 Å². The molecule has 4 rings (SSSR count). The third kappa shape index (κ3) is 3.91. The van der Waals surface area contributed by atoms with Crippen LogP contribution in [0.25, 0.3) is 0 Å². The van der Waals surface area contributed by atoms with Gasteiger partial charge in [0.25, 0.3) is 5.91 Å². The van der Waals surface area contributed by atoms with Gasteiger partial charge in [0.2, 0.25) is 5.91 Å². The Bertz CT molecular complexity index is 1180. The molecular weight excluding hydrogens is 400 g/mol. The van der Waals surface area contributed by atoms with Gasteiger partial charge >= 0.3 is 0 Å². The molecule has 31 heavy (non-hydrogen) atoms. The number of primary amides is 1. The first kappa shape index (κ1) is 20.7. The fraction of sp³-hybridized carbons (Fsp3) is 0.208. The van der Waals surface area contributed by atoms with Crippen LogP contribution in [-0.2, 0) is 13.0 Å². The van der Waals surface area contributed by atoms with Crippen molar-refractivity contribution >= 4 is 11.8 Å². The number of pyridine rings is 1. The van der Waals surface area contributed by atoms with E-state index in [0.717, 1.165) is 6.07 Å². The molecule has 0 unspecified atom stereocenters. The van der Waals surface area contributed by atoms with Crippen molar-refractivity contribution in [3.05, 3.63) is 99.9 Å². The van der Waals surface area contributed by atoms with Crippen LogP contribution >= 0.6 is 0 Å². The summed E-state index contributed by atoms with van der Waals surface area (Å²) in [4.78, 5) is 31.3. The highest BCUT2D eigenvalue weighted by atomic mass is 19.1. The molecule has 0 aliphatic heterocycles. The van der Waals surface area contributed by atoms with Crippen LogP contribution in [0.5, 0.6) is 0 Å². The number of nitrogens with two attached hydrogens (primary N) is 1. The minimum absolute atomic E-state index is 0.0640. The van der Waals surface area contributed by atoms with Crippen molar-refractivity contribution < 1.29 is 18.4 Å². The first-order valence-corrected chi connectivity index (χ1v) is 9.95. The molecule has 7 heteroatoms. The Balaban J connectivity index is 1.81. The number of hydrogen-bond donors (Lipinski definition) is 1. The molecule has 1 atom stereocenters. The van der Waals surface area contributed by atoms with E-state index in [2.05, 4.69) is 4.98 Å². The molecule has 0 bridgehead atoms.